The maximum absolute atomic E-state index is 7.00. The average Bonchev–Trinajstić information content (AvgIpc) is 3.75. The largest absolute Gasteiger partial charge is 0.460 e. The van der Waals surface area contributed by atoms with E-state index in [0.717, 1.165) is 98.5 Å². The minimum absolute atomic E-state index is 0.560. The Morgan fingerprint density at radius 1 is 0.863 bits per heavy atom. The summed E-state index contributed by atoms with van der Waals surface area (Å²) in [6.07, 6.45) is 24.1. The summed E-state index contributed by atoms with van der Waals surface area (Å²) in [6.45, 7) is 18.4. The van der Waals surface area contributed by atoms with Crippen LogP contribution < -0.4 is 5.73 Å². The summed E-state index contributed by atoms with van der Waals surface area (Å²) < 4.78 is 13.1. The van der Waals surface area contributed by atoms with Crippen LogP contribution in [0.4, 0.5) is 0 Å². The van der Waals surface area contributed by atoms with E-state index in [0.29, 0.717) is 0 Å². The molecule has 2 aromatic heterocycles. The molecule has 0 aliphatic heterocycles. The summed E-state index contributed by atoms with van der Waals surface area (Å²) in [4.78, 5) is 0. The van der Waals surface area contributed by atoms with Crippen LogP contribution in [0.25, 0.3) is 50.8 Å². The number of hydrogen-bond acceptors (Lipinski definition) is 3. The van der Waals surface area contributed by atoms with Crippen LogP contribution in [0, 0.1) is 5.92 Å². The van der Waals surface area contributed by atoms with E-state index in [1.165, 1.54) is 17.6 Å². The summed E-state index contributed by atoms with van der Waals surface area (Å²) in [6, 6.07) is 21.2. The molecule has 2 N–H and O–H groups in total. The lowest BCUT2D eigenvalue weighted by Gasteiger charge is -2.30. The van der Waals surface area contributed by atoms with E-state index in [9.17, 15) is 0 Å². The van der Waals surface area contributed by atoms with E-state index in [1.54, 1.807) is 0 Å². The molecule has 8 rings (SSSR count). The Balaban J connectivity index is 0.000000402. The number of allylic oxidation sites excluding steroid dienone is 8. The molecule has 2 heterocycles. The van der Waals surface area contributed by atoms with Crippen molar-refractivity contribution < 1.29 is 8.83 Å². The Morgan fingerprint density at radius 3 is 2.31 bits per heavy atom. The van der Waals surface area contributed by atoms with Gasteiger partial charge in [-0.3, -0.25) is 0 Å². The summed E-state index contributed by atoms with van der Waals surface area (Å²) in [5.74, 6) is 2.85. The van der Waals surface area contributed by atoms with Gasteiger partial charge in [0.05, 0.1) is 5.54 Å². The molecule has 0 fully saturated rings. The number of fused-ring (bicyclic) bond motifs is 6. The average molecular weight is 678 g/mol. The van der Waals surface area contributed by atoms with E-state index in [1.807, 2.05) is 39.8 Å². The molecule has 0 spiro atoms. The van der Waals surface area contributed by atoms with Crippen LogP contribution in [0.15, 0.2) is 124 Å². The van der Waals surface area contributed by atoms with Gasteiger partial charge in [0.1, 0.15) is 22.7 Å². The van der Waals surface area contributed by atoms with Gasteiger partial charge in [0.15, 0.2) is 0 Å². The van der Waals surface area contributed by atoms with Gasteiger partial charge in [-0.25, -0.2) is 0 Å². The molecular formula is C48H55NO2. The molecule has 3 heteroatoms. The fourth-order valence-electron chi connectivity index (χ4n) is 7.11. The van der Waals surface area contributed by atoms with Crippen molar-refractivity contribution in [3.8, 4) is 11.1 Å². The molecule has 3 nitrogen and oxygen atoms in total. The molecule has 0 saturated carbocycles. The van der Waals surface area contributed by atoms with E-state index < -0.39 is 5.54 Å². The van der Waals surface area contributed by atoms with Crippen LogP contribution >= 0.6 is 0 Å². The summed E-state index contributed by atoms with van der Waals surface area (Å²) >= 11 is 0. The molecule has 5 aromatic rings. The van der Waals surface area contributed by atoms with Crippen LogP contribution in [0.5, 0.6) is 0 Å². The predicted octanol–water partition coefficient (Wildman–Crippen LogP) is 13.8. The van der Waals surface area contributed by atoms with Gasteiger partial charge < -0.3 is 14.6 Å². The van der Waals surface area contributed by atoms with Gasteiger partial charge in [0.2, 0.25) is 0 Å². The van der Waals surface area contributed by atoms with E-state index in [-0.39, 0.29) is 0 Å². The quantitative estimate of drug-likeness (QED) is 0.188. The Labute approximate surface area is 305 Å². The maximum Gasteiger partial charge on any atom is 0.142 e. The summed E-state index contributed by atoms with van der Waals surface area (Å²) in [5.41, 5.74) is 17.5. The lowest BCUT2D eigenvalue weighted by atomic mass is 9.79. The molecule has 0 amide bonds. The molecule has 0 radical (unpaired) electrons. The zero-order valence-electron chi connectivity index (χ0n) is 31.7. The number of nitrogens with two attached hydrogens (primary N) is 1. The minimum atomic E-state index is -0.560. The molecule has 264 valence electrons. The normalized spacial score (nSPS) is 17.1. The maximum atomic E-state index is 7.00. The molecular weight excluding hydrogens is 623 g/mol. The first-order chi connectivity index (χ1) is 24.8. The van der Waals surface area contributed by atoms with Crippen molar-refractivity contribution in [1.82, 2.24) is 0 Å². The first-order valence-electron chi connectivity index (χ1n) is 18.8. The molecule has 3 aliphatic carbocycles. The van der Waals surface area contributed by atoms with Crippen LogP contribution in [-0.2, 0) is 18.4 Å². The van der Waals surface area contributed by atoms with E-state index in [4.69, 9.17) is 14.6 Å². The van der Waals surface area contributed by atoms with Crippen molar-refractivity contribution in [2.45, 2.75) is 86.1 Å². The van der Waals surface area contributed by atoms with Crippen molar-refractivity contribution in [1.29, 1.82) is 0 Å². The highest BCUT2D eigenvalue weighted by atomic mass is 16.3. The van der Waals surface area contributed by atoms with Gasteiger partial charge in [-0.15, -0.1) is 0 Å². The third-order valence-corrected chi connectivity index (χ3v) is 9.85. The highest BCUT2D eigenvalue weighted by molar-refractivity contribution is 6.08. The lowest BCUT2D eigenvalue weighted by molar-refractivity contribution is 0.513. The second kappa shape index (κ2) is 16.9. The first kappa shape index (κ1) is 37.4. The predicted molar refractivity (Wildman–Crippen MR) is 222 cm³/mol. The SMILES string of the molecule is C=C/C=C(\C)c1cc(-c2cccc3oc4c(c23)C=CCC4)c2oc3c(c2c1)C=C(C(C)(N)c1ccccc1)CC3.CC.CC.CC1C=CC=CC1. The smallest absolute Gasteiger partial charge is 0.142 e. The van der Waals surface area contributed by atoms with E-state index >= 15 is 0 Å². The lowest BCUT2D eigenvalue weighted by Crippen LogP contribution is -2.36. The number of furan rings is 2. The van der Waals surface area contributed by atoms with Gasteiger partial charge >= 0.3 is 0 Å². The first-order valence-corrected chi connectivity index (χ1v) is 18.8. The Kier molecular flexibility index (Phi) is 12.4. The molecule has 0 bridgehead atoms. The zero-order chi connectivity index (χ0) is 36.5. The molecule has 3 aromatic carbocycles. The highest BCUT2D eigenvalue weighted by Crippen LogP contribution is 2.45. The van der Waals surface area contributed by atoms with Gasteiger partial charge in [-0.1, -0.05) is 132 Å². The van der Waals surface area contributed by atoms with E-state index in [2.05, 4.69) is 131 Å². The highest BCUT2D eigenvalue weighted by Gasteiger charge is 2.31. The number of benzene rings is 3. The van der Waals surface area contributed by atoms with Crippen LogP contribution in [-0.4, -0.2) is 0 Å². The Morgan fingerprint density at radius 2 is 1.63 bits per heavy atom. The number of aryl methyl sites for hydroxylation is 2. The second-order valence-electron chi connectivity index (χ2n) is 13.2. The fraction of sp³-hybridized carbons (Fsp3) is 0.292. The van der Waals surface area contributed by atoms with Gasteiger partial charge in [0, 0.05) is 40.3 Å². The number of rotatable bonds is 5. The third-order valence-electron chi connectivity index (χ3n) is 9.85. The van der Waals surface area contributed by atoms with Crippen molar-refractivity contribution in [3.63, 3.8) is 0 Å². The van der Waals surface area contributed by atoms with Crippen LogP contribution in [0.1, 0.15) is 102 Å². The molecule has 51 heavy (non-hydrogen) atoms. The summed E-state index contributed by atoms with van der Waals surface area (Å²) in [5, 5.41) is 2.27. The topological polar surface area (TPSA) is 52.3 Å². The molecule has 2 unspecified atom stereocenters. The zero-order valence-corrected chi connectivity index (χ0v) is 31.7. The Hall–Kier alpha value is -4.86. The standard InChI is InChI=1S/C37H33NO2.C7H10.2C2H6/c1-4-11-23(2)24-20-30(27-15-10-17-34-35(27)28-14-8-9-16-32(28)39-34)36-31(21-24)29-22-26(18-19-33(29)40-36)37(3,38)25-12-6-5-7-13-25;1-7-5-3-2-4-6-7;2*1-2/h4-8,10-15,17,20-22H,1,9,16,18-19,38H2,2-3H3;2-5,7H,6H2,1H3;2*1-2H3/b23-11+;;;. The fourth-order valence-corrected chi connectivity index (χ4v) is 7.11. The number of hydrogen-bond donors (Lipinski definition) is 1. The molecule has 3 aliphatic rings. The van der Waals surface area contributed by atoms with Gasteiger partial charge in [-0.05, 0) is 91.1 Å². The van der Waals surface area contributed by atoms with Crippen molar-refractivity contribution in [3.05, 3.63) is 149 Å². The monoisotopic (exact) mass is 677 g/mol. The van der Waals surface area contributed by atoms with Crippen molar-refractivity contribution in [2.24, 2.45) is 11.7 Å². The van der Waals surface area contributed by atoms with Crippen molar-refractivity contribution >= 4 is 39.7 Å². The summed E-state index contributed by atoms with van der Waals surface area (Å²) in [7, 11) is 0. The van der Waals surface area contributed by atoms with Crippen molar-refractivity contribution in [2.75, 3.05) is 0 Å². The Bertz CT molecular complexity index is 2120. The van der Waals surface area contributed by atoms with Crippen LogP contribution in [0.3, 0.4) is 0 Å². The van der Waals surface area contributed by atoms with Gasteiger partial charge in [0.25, 0.3) is 0 Å². The molecule has 0 saturated heterocycles. The van der Waals surface area contributed by atoms with Gasteiger partial charge in [-0.2, -0.15) is 0 Å². The third kappa shape index (κ3) is 7.75. The molecule has 2 atom stereocenters. The second-order valence-corrected chi connectivity index (χ2v) is 13.2. The minimum Gasteiger partial charge on any atom is -0.460 e. The van der Waals surface area contributed by atoms with Crippen LogP contribution in [0.2, 0.25) is 0 Å².